The van der Waals surface area contributed by atoms with Gasteiger partial charge in [0.25, 0.3) is 0 Å². The van der Waals surface area contributed by atoms with Crippen LogP contribution in [0.3, 0.4) is 0 Å². The monoisotopic (exact) mass is 357 g/mol. The molecule has 0 bridgehead atoms. The Hall–Kier alpha value is -3.13. The van der Waals surface area contributed by atoms with Gasteiger partial charge in [0, 0.05) is 5.41 Å². The Balaban J connectivity index is 1.99. The fourth-order valence-corrected chi connectivity index (χ4v) is 2.68. The number of aromatic nitrogens is 6. The van der Waals surface area contributed by atoms with E-state index in [1.54, 1.807) is 6.92 Å². The number of azo groups is 1. The second-order valence-corrected chi connectivity index (χ2v) is 7.06. The zero-order valence-corrected chi connectivity index (χ0v) is 14.8. The molecule has 3 rings (SSSR count). The lowest BCUT2D eigenvalue weighted by Crippen LogP contribution is -2.13. The van der Waals surface area contributed by atoms with Crippen molar-refractivity contribution in [3.8, 4) is 17.1 Å². The van der Waals surface area contributed by atoms with Gasteiger partial charge in [0.15, 0.2) is 11.5 Å². The predicted molar refractivity (Wildman–Crippen MR) is 89.6 cm³/mol. The zero-order chi connectivity index (χ0) is 18.2. The smallest absolute Gasteiger partial charge is 0.245 e. The summed E-state index contributed by atoms with van der Waals surface area (Å²) in [7, 11) is 0. The van der Waals surface area contributed by atoms with E-state index in [1.807, 2.05) is 20.8 Å². The average molecular weight is 357 g/mol. The summed E-state index contributed by atoms with van der Waals surface area (Å²) in [5, 5.41) is 46.8. The van der Waals surface area contributed by atoms with Crippen LogP contribution < -0.4 is 0 Å². The van der Waals surface area contributed by atoms with Crippen molar-refractivity contribution >= 4 is 22.8 Å². The van der Waals surface area contributed by atoms with Crippen LogP contribution in [0.1, 0.15) is 37.7 Å². The predicted octanol–water partition coefficient (Wildman–Crippen LogP) is 3.05. The molecule has 0 aromatic carbocycles. The molecule has 0 saturated carbocycles. The molecule has 128 valence electrons. The SMILES string of the molecule is Cc1nn(-c2nncs2)c(O)c1/N=N/c1[nH]nc(C(C)(C)C)c1C#N. The van der Waals surface area contributed by atoms with E-state index in [0.29, 0.717) is 22.1 Å². The molecule has 0 fully saturated rings. The number of rotatable bonds is 3. The first-order chi connectivity index (χ1) is 11.8. The Morgan fingerprint density at radius 2 is 2.12 bits per heavy atom. The van der Waals surface area contributed by atoms with Crippen LogP contribution in [0.4, 0.5) is 11.5 Å². The summed E-state index contributed by atoms with van der Waals surface area (Å²) >= 11 is 1.23. The highest BCUT2D eigenvalue weighted by Crippen LogP contribution is 2.35. The second kappa shape index (κ2) is 6.06. The third kappa shape index (κ3) is 2.99. The molecule has 3 aromatic rings. The molecule has 11 heteroatoms. The van der Waals surface area contributed by atoms with Gasteiger partial charge in [-0.1, -0.05) is 32.1 Å². The number of nitriles is 1. The normalized spacial score (nSPS) is 12.0. The summed E-state index contributed by atoms with van der Waals surface area (Å²) in [6.07, 6.45) is 0. The minimum Gasteiger partial charge on any atom is -0.492 e. The summed E-state index contributed by atoms with van der Waals surface area (Å²) in [6.45, 7) is 7.54. The highest BCUT2D eigenvalue weighted by molar-refractivity contribution is 7.11. The Labute approximate surface area is 146 Å². The molecule has 2 N–H and O–H groups in total. The summed E-state index contributed by atoms with van der Waals surface area (Å²) < 4.78 is 1.24. The highest BCUT2D eigenvalue weighted by Gasteiger charge is 2.25. The molecular formula is C14H15N9OS. The van der Waals surface area contributed by atoms with Crippen LogP contribution in [0.15, 0.2) is 15.7 Å². The van der Waals surface area contributed by atoms with Crippen molar-refractivity contribution < 1.29 is 5.11 Å². The third-order valence-corrected chi connectivity index (χ3v) is 4.02. The lowest BCUT2D eigenvalue weighted by atomic mass is 9.90. The van der Waals surface area contributed by atoms with E-state index in [0.717, 1.165) is 0 Å². The van der Waals surface area contributed by atoms with Crippen molar-refractivity contribution in [2.75, 3.05) is 0 Å². The molecule has 0 aliphatic carbocycles. The van der Waals surface area contributed by atoms with Gasteiger partial charge in [0.2, 0.25) is 11.0 Å². The van der Waals surface area contributed by atoms with E-state index >= 15 is 0 Å². The summed E-state index contributed by atoms with van der Waals surface area (Å²) in [6, 6.07) is 2.10. The van der Waals surface area contributed by atoms with Gasteiger partial charge in [-0.2, -0.15) is 20.1 Å². The van der Waals surface area contributed by atoms with Crippen LogP contribution in [0.2, 0.25) is 0 Å². The number of nitrogens with one attached hydrogen (secondary N) is 1. The number of aromatic hydroxyl groups is 1. The maximum atomic E-state index is 10.3. The number of H-pyrrole nitrogens is 1. The van der Waals surface area contributed by atoms with Gasteiger partial charge < -0.3 is 5.11 Å². The van der Waals surface area contributed by atoms with E-state index in [1.165, 1.54) is 21.5 Å². The molecule has 0 aliphatic rings. The first-order valence-electron chi connectivity index (χ1n) is 7.28. The Morgan fingerprint density at radius 3 is 2.72 bits per heavy atom. The zero-order valence-electron chi connectivity index (χ0n) is 14.0. The maximum absolute atomic E-state index is 10.3. The van der Waals surface area contributed by atoms with Crippen LogP contribution in [-0.4, -0.2) is 35.3 Å². The van der Waals surface area contributed by atoms with Gasteiger partial charge in [-0.05, 0) is 6.92 Å². The van der Waals surface area contributed by atoms with Gasteiger partial charge in [0.05, 0.1) is 11.4 Å². The van der Waals surface area contributed by atoms with Gasteiger partial charge in [-0.3, -0.25) is 5.10 Å². The van der Waals surface area contributed by atoms with E-state index in [9.17, 15) is 10.4 Å². The first-order valence-corrected chi connectivity index (χ1v) is 8.16. The van der Waals surface area contributed by atoms with Crippen molar-refractivity contribution in [1.29, 1.82) is 5.26 Å². The van der Waals surface area contributed by atoms with Gasteiger partial charge in [-0.15, -0.1) is 20.4 Å². The molecule has 25 heavy (non-hydrogen) atoms. The summed E-state index contributed by atoms with van der Waals surface area (Å²) in [4.78, 5) is 0. The Kier molecular flexibility index (Phi) is 4.05. The van der Waals surface area contributed by atoms with Crippen LogP contribution in [0, 0.1) is 18.3 Å². The number of aromatic amines is 1. The van der Waals surface area contributed by atoms with Crippen LogP contribution >= 0.6 is 11.3 Å². The largest absolute Gasteiger partial charge is 0.492 e. The van der Waals surface area contributed by atoms with E-state index in [2.05, 4.69) is 41.8 Å². The summed E-state index contributed by atoms with van der Waals surface area (Å²) in [5.74, 6) is 0.0296. The topological polar surface area (TPSA) is 141 Å². The van der Waals surface area contributed by atoms with Crippen molar-refractivity contribution in [1.82, 2.24) is 30.2 Å². The fraction of sp³-hybridized carbons (Fsp3) is 0.357. The van der Waals surface area contributed by atoms with Gasteiger partial charge in [-0.25, -0.2) is 0 Å². The molecule has 0 saturated heterocycles. The first kappa shape index (κ1) is 16.7. The molecule has 3 aromatic heterocycles. The minimum absolute atomic E-state index is 0.186. The van der Waals surface area contributed by atoms with E-state index in [-0.39, 0.29) is 22.8 Å². The average Bonchev–Trinajstić information content (AvgIpc) is 3.25. The number of hydrogen-bond donors (Lipinski definition) is 2. The lowest BCUT2D eigenvalue weighted by molar-refractivity contribution is 0.434. The van der Waals surface area contributed by atoms with Crippen molar-refractivity contribution in [3.05, 3.63) is 22.5 Å². The molecule has 0 radical (unpaired) electrons. The van der Waals surface area contributed by atoms with Crippen LogP contribution in [0.5, 0.6) is 5.88 Å². The maximum Gasteiger partial charge on any atom is 0.245 e. The number of aryl methyl sites for hydroxylation is 1. The van der Waals surface area contributed by atoms with Crippen molar-refractivity contribution in [2.45, 2.75) is 33.1 Å². The van der Waals surface area contributed by atoms with Gasteiger partial charge in [0.1, 0.15) is 17.1 Å². The molecular weight excluding hydrogens is 342 g/mol. The number of nitrogens with zero attached hydrogens (tertiary/aromatic N) is 8. The molecule has 3 heterocycles. The van der Waals surface area contributed by atoms with Crippen molar-refractivity contribution in [3.63, 3.8) is 0 Å². The fourth-order valence-electron chi connectivity index (χ4n) is 2.17. The van der Waals surface area contributed by atoms with Gasteiger partial charge >= 0.3 is 0 Å². The lowest BCUT2D eigenvalue weighted by Gasteiger charge is -2.14. The van der Waals surface area contributed by atoms with Crippen LogP contribution in [-0.2, 0) is 5.41 Å². The van der Waals surface area contributed by atoms with Crippen molar-refractivity contribution in [2.24, 2.45) is 10.2 Å². The third-order valence-electron chi connectivity index (χ3n) is 3.35. The van der Waals surface area contributed by atoms with E-state index in [4.69, 9.17) is 0 Å². The minimum atomic E-state index is -0.309. The molecule has 0 unspecified atom stereocenters. The standard InChI is InChI=1S/C14H15N9OS/c1-7-9(12(24)23(22-7)13-21-16-6-25-13)17-19-11-8(5-15)10(18-20-11)14(2,3)4/h6,24H,1-4H3,(H,18,20)/b19-17+. The second-order valence-electron chi connectivity index (χ2n) is 6.25. The molecule has 0 atom stereocenters. The molecule has 0 aliphatic heterocycles. The highest BCUT2D eigenvalue weighted by atomic mass is 32.1. The molecule has 10 nitrogen and oxygen atoms in total. The van der Waals surface area contributed by atoms with E-state index < -0.39 is 0 Å². The number of hydrogen-bond acceptors (Lipinski definition) is 9. The summed E-state index contributed by atoms with van der Waals surface area (Å²) in [5.41, 5.74) is 2.80. The quantitative estimate of drug-likeness (QED) is 0.690. The molecule has 0 spiro atoms. The van der Waals surface area contributed by atoms with Crippen LogP contribution in [0.25, 0.3) is 5.13 Å². The molecule has 0 amide bonds. The Morgan fingerprint density at radius 1 is 1.36 bits per heavy atom. The Bertz CT molecular complexity index is 970.